The van der Waals surface area contributed by atoms with Gasteiger partial charge in [0.25, 0.3) is 0 Å². The van der Waals surface area contributed by atoms with Crippen molar-refractivity contribution in [2.45, 2.75) is 32.5 Å². The topological polar surface area (TPSA) is 29.3 Å². The summed E-state index contributed by atoms with van der Waals surface area (Å²) in [6.07, 6.45) is 4.32. The first kappa shape index (κ1) is 10.6. The highest BCUT2D eigenvalue weighted by Crippen LogP contribution is 2.24. The fourth-order valence-corrected chi connectivity index (χ4v) is 2.16. The standard InChI is InChI=1S/C11H17FN2O/c1-2-9-3-4-14(7-11(9)12)6-10-5-13-8-15-10/h5,8-9,11H,2-4,6-7H2,1H3/t9-,11+/m0/s1. The monoisotopic (exact) mass is 212 g/mol. The van der Waals surface area contributed by atoms with E-state index in [0.717, 1.165) is 25.1 Å². The highest BCUT2D eigenvalue weighted by Gasteiger charge is 2.27. The number of nitrogens with zero attached hydrogens (tertiary/aromatic N) is 2. The number of hydrogen-bond acceptors (Lipinski definition) is 3. The van der Waals surface area contributed by atoms with E-state index in [4.69, 9.17) is 4.42 Å². The number of alkyl halides is 1. The largest absolute Gasteiger partial charge is 0.447 e. The summed E-state index contributed by atoms with van der Waals surface area (Å²) in [5.41, 5.74) is 0. The lowest BCUT2D eigenvalue weighted by Crippen LogP contribution is -2.41. The maximum absolute atomic E-state index is 13.6. The van der Waals surface area contributed by atoms with Gasteiger partial charge in [0.2, 0.25) is 0 Å². The minimum absolute atomic E-state index is 0.246. The Hall–Kier alpha value is -0.900. The minimum atomic E-state index is -0.688. The summed E-state index contributed by atoms with van der Waals surface area (Å²) in [5.74, 6) is 1.06. The molecule has 1 aromatic heterocycles. The highest BCUT2D eigenvalue weighted by atomic mass is 19.1. The second-order valence-electron chi connectivity index (χ2n) is 4.18. The molecule has 1 saturated heterocycles. The first-order valence-corrected chi connectivity index (χ1v) is 5.53. The molecule has 0 spiro atoms. The molecular formula is C11H17FN2O. The third kappa shape index (κ3) is 2.56. The zero-order chi connectivity index (χ0) is 10.7. The summed E-state index contributed by atoms with van der Waals surface area (Å²) < 4.78 is 18.8. The molecule has 84 valence electrons. The van der Waals surface area contributed by atoms with Crippen molar-refractivity contribution in [2.24, 2.45) is 5.92 Å². The maximum Gasteiger partial charge on any atom is 0.180 e. The van der Waals surface area contributed by atoms with Gasteiger partial charge in [-0.15, -0.1) is 0 Å². The minimum Gasteiger partial charge on any atom is -0.447 e. The Morgan fingerprint density at radius 1 is 1.67 bits per heavy atom. The molecule has 0 N–H and O–H groups in total. The van der Waals surface area contributed by atoms with Gasteiger partial charge in [0.1, 0.15) is 11.9 Å². The van der Waals surface area contributed by atoms with Crippen molar-refractivity contribution in [3.63, 3.8) is 0 Å². The molecule has 0 saturated carbocycles. The van der Waals surface area contributed by atoms with E-state index in [0.29, 0.717) is 13.1 Å². The Kier molecular flexibility index (Phi) is 3.36. The number of likely N-dealkylation sites (tertiary alicyclic amines) is 1. The molecule has 2 heterocycles. The van der Waals surface area contributed by atoms with Gasteiger partial charge < -0.3 is 4.42 Å². The van der Waals surface area contributed by atoms with E-state index in [1.807, 2.05) is 0 Å². The van der Waals surface area contributed by atoms with Crippen molar-refractivity contribution in [1.82, 2.24) is 9.88 Å². The van der Waals surface area contributed by atoms with Crippen LogP contribution in [0.5, 0.6) is 0 Å². The Labute approximate surface area is 89.3 Å². The Morgan fingerprint density at radius 3 is 3.13 bits per heavy atom. The molecule has 1 fully saturated rings. The molecule has 0 aliphatic carbocycles. The molecule has 3 nitrogen and oxygen atoms in total. The normalized spacial score (nSPS) is 28.1. The molecule has 1 aromatic rings. The number of piperidine rings is 1. The number of rotatable bonds is 3. The quantitative estimate of drug-likeness (QED) is 0.769. The van der Waals surface area contributed by atoms with Gasteiger partial charge in [0, 0.05) is 6.54 Å². The van der Waals surface area contributed by atoms with Gasteiger partial charge in [0.05, 0.1) is 12.7 Å². The van der Waals surface area contributed by atoms with Crippen LogP contribution in [0, 0.1) is 5.92 Å². The Balaban J connectivity index is 1.86. The van der Waals surface area contributed by atoms with Gasteiger partial charge in [-0.3, -0.25) is 4.90 Å². The van der Waals surface area contributed by atoms with Gasteiger partial charge in [-0.25, -0.2) is 9.37 Å². The molecule has 0 amide bonds. The van der Waals surface area contributed by atoms with Crippen LogP contribution >= 0.6 is 0 Å². The number of oxazole rings is 1. The molecule has 15 heavy (non-hydrogen) atoms. The fourth-order valence-electron chi connectivity index (χ4n) is 2.16. The molecule has 4 heteroatoms. The summed E-state index contributed by atoms with van der Waals surface area (Å²) in [6, 6.07) is 0. The SMILES string of the molecule is CC[C@H]1CCN(Cc2cnco2)C[C@H]1F. The molecular weight excluding hydrogens is 195 g/mol. The second-order valence-corrected chi connectivity index (χ2v) is 4.18. The van der Waals surface area contributed by atoms with Crippen LogP contribution in [0.1, 0.15) is 25.5 Å². The molecule has 1 aliphatic heterocycles. The van der Waals surface area contributed by atoms with Crippen LogP contribution in [-0.4, -0.2) is 29.1 Å². The van der Waals surface area contributed by atoms with Crippen LogP contribution in [-0.2, 0) is 6.54 Å². The highest BCUT2D eigenvalue weighted by molar-refractivity contribution is 4.90. The summed E-state index contributed by atoms with van der Waals surface area (Å²) in [4.78, 5) is 5.95. The number of hydrogen-bond donors (Lipinski definition) is 0. The van der Waals surface area contributed by atoms with Gasteiger partial charge in [-0.05, 0) is 18.9 Å². The average Bonchev–Trinajstić information content (AvgIpc) is 2.71. The molecule has 0 radical (unpaired) electrons. The molecule has 1 aliphatic rings. The van der Waals surface area contributed by atoms with Crippen molar-refractivity contribution in [3.8, 4) is 0 Å². The van der Waals surface area contributed by atoms with E-state index in [1.165, 1.54) is 6.39 Å². The maximum atomic E-state index is 13.6. The average molecular weight is 212 g/mol. The second kappa shape index (κ2) is 4.75. The summed E-state index contributed by atoms with van der Waals surface area (Å²) in [6.45, 7) is 4.22. The van der Waals surface area contributed by atoms with E-state index in [2.05, 4.69) is 16.8 Å². The lowest BCUT2D eigenvalue weighted by molar-refractivity contribution is 0.0739. The van der Waals surface area contributed by atoms with E-state index in [-0.39, 0.29) is 5.92 Å². The fraction of sp³-hybridized carbons (Fsp3) is 0.727. The lowest BCUT2D eigenvalue weighted by Gasteiger charge is -2.33. The zero-order valence-corrected chi connectivity index (χ0v) is 9.03. The van der Waals surface area contributed by atoms with Crippen molar-refractivity contribution in [2.75, 3.05) is 13.1 Å². The molecule has 0 aromatic carbocycles. The van der Waals surface area contributed by atoms with Crippen molar-refractivity contribution >= 4 is 0 Å². The third-order valence-corrected chi connectivity index (χ3v) is 3.15. The predicted octanol–water partition coefficient (Wildman–Crippen LogP) is 2.24. The van der Waals surface area contributed by atoms with Gasteiger partial charge >= 0.3 is 0 Å². The van der Waals surface area contributed by atoms with Crippen molar-refractivity contribution in [3.05, 3.63) is 18.4 Å². The number of aromatic nitrogens is 1. The van der Waals surface area contributed by atoms with Crippen LogP contribution in [0.4, 0.5) is 4.39 Å². The molecule has 0 unspecified atom stereocenters. The first-order chi connectivity index (χ1) is 7.29. The summed E-state index contributed by atoms with van der Waals surface area (Å²) in [5, 5.41) is 0. The Bertz CT molecular complexity index is 289. The molecule has 2 rings (SSSR count). The zero-order valence-electron chi connectivity index (χ0n) is 9.03. The first-order valence-electron chi connectivity index (χ1n) is 5.53. The van der Waals surface area contributed by atoms with Gasteiger partial charge in [-0.1, -0.05) is 13.3 Å². The van der Waals surface area contributed by atoms with E-state index in [9.17, 15) is 4.39 Å². The Morgan fingerprint density at radius 2 is 2.53 bits per heavy atom. The molecule has 0 bridgehead atoms. The third-order valence-electron chi connectivity index (χ3n) is 3.15. The smallest absolute Gasteiger partial charge is 0.180 e. The van der Waals surface area contributed by atoms with E-state index < -0.39 is 6.17 Å². The van der Waals surface area contributed by atoms with Crippen molar-refractivity contribution < 1.29 is 8.81 Å². The van der Waals surface area contributed by atoms with Gasteiger partial charge in [-0.2, -0.15) is 0 Å². The summed E-state index contributed by atoms with van der Waals surface area (Å²) in [7, 11) is 0. The lowest BCUT2D eigenvalue weighted by atomic mass is 9.92. The predicted molar refractivity (Wildman–Crippen MR) is 55.1 cm³/mol. The van der Waals surface area contributed by atoms with Crippen LogP contribution in [0.3, 0.4) is 0 Å². The summed E-state index contributed by atoms with van der Waals surface area (Å²) >= 11 is 0. The van der Waals surface area contributed by atoms with E-state index in [1.54, 1.807) is 6.20 Å². The number of halogens is 1. The molecule has 2 atom stereocenters. The van der Waals surface area contributed by atoms with Gasteiger partial charge in [0.15, 0.2) is 6.39 Å². The van der Waals surface area contributed by atoms with Crippen LogP contribution in [0.2, 0.25) is 0 Å². The van der Waals surface area contributed by atoms with Crippen LogP contribution < -0.4 is 0 Å². The van der Waals surface area contributed by atoms with E-state index >= 15 is 0 Å². The van der Waals surface area contributed by atoms with Crippen LogP contribution in [0.15, 0.2) is 17.0 Å². The van der Waals surface area contributed by atoms with Crippen molar-refractivity contribution in [1.29, 1.82) is 0 Å². The van der Waals surface area contributed by atoms with Crippen LogP contribution in [0.25, 0.3) is 0 Å².